The first-order valence-corrected chi connectivity index (χ1v) is 9.14. The predicted octanol–water partition coefficient (Wildman–Crippen LogP) is 3.08. The number of benzene rings is 1. The molecular formula is C17H26N2O2S. The number of amides is 2. The summed E-state index contributed by atoms with van der Waals surface area (Å²) >= 11 is 1.93. The molecule has 3 atom stereocenters. The van der Waals surface area contributed by atoms with Gasteiger partial charge >= 0.3 is 6.03 Å². The van der Waals surface area contributed by atoms with Gasteiger partial charge < -0.3 is 15.7 Å². The first kappa shape index (κ1) is 17.2. The molecule has 22 heavy (non-hydrogen) atoms. The smallest absolute Gasteiger partial charge is 0.315 e. The molecule has 3 N–H and O–H groups in total. The highest BCUT2D eigenvalue weighted by molar-refractivity contribution is 7.99. The minimum Gasteiger partial charge on any atom is -0.394 e. The molecule has 1 aliphatic carbocycles. The molecule has 0 aliphatic heterocycles. The van der Waals surface area contributed by atoms with Crippen molar-refractivity contribution in [3.8, 4) is 0 Å². The van der Waals surface area contributed by atoms with E-state index in [-0.39, 0.29) is 24.7 Å². The molecule has 2 amide bonds. The highest BCUT2D eigenvalue weighted by atomic mass is 32.2. The number of aliphatic hydroxyl groups is 1. The van der Waals surface area contributed by atoms with Gasteiger partial charge in [0.15, 0.2) is 0 Å². The third kappa shape index (κ3) is 4.92. The van der Waals surface area contributed by atoms with Crippen LogP contribution < -0.4 is 10.6 Å². The molecule has 1 aromatic carbocycles. The molecule has 4 nitrogen and oxygen atoms in total. The lowest BCUT2D eigenvalue weighted by atomic mass is 9.95. The number of carbonyl (C=O) groups excluding carboxylic acids is 1. The molecule has 2 rings (SSSR count). The summed E-state index contributed by atoms with van der Waals surface area (Å²) in [6.07, 6.45) is 4.64. The molecule has 0 spiro atoms. The molecule has 0 heterocycles. The number of urea groups is 1. The fourth-order valence-electron chi connectivity index (χ4n) is 2.96. The van der Waals surface area contributed by atoms with E-state index in [0.717, 1.165) is 17.7 Å². The quantitative estimate of drug-likeness (QED) is 0.754. The summed E-state index contributed by atoms with van der Waals surface area (Å²) in [5.74, 6) is 1.08. The van der Waals surface area contributed by atoms with Gasteiger partial charge in [0.05, 0.1) is 12.6 Å². The van der Waals surface area contributed by atoms with Crippen molar-refractivity contribution in [3.63, 3.8) is 0 Å². The molecule has 122 valence electrons. The maximum Gasteiger partial charge on any atom is 0.315 e. The molecule has 1 aliphatic rings. The number of rotatable bonds is 6. The van der Waals surface area contributed by atoms with E-state index in [1.807, 2.05) is 42.1 Å². The van der Waals surface area contributed by atoms with Crippen molar-refractivity contribution in [1.29, 1.82) is 0 Å². The first-order valence-electron chi connectivity index (χ1n) is 8.09. The van der Waals surface area contributed by atoms with Crippen molar-refractivity contribution < 1.29 is 9.90 Å². The van der Waals surface area contributed by atoms with Gasteiger partial charge in [0.1, 0.15) is 0 Å². The third-order valence-electron chi connectivity index (χ3n) is 4.09. The van der Waals surface area contributed by atoms with Gasteiger partial charge in [0, 0.05) is 11.3 Å². The van der Waals surface area contributed by atoms with E-state index in [1.54, 1.807) is 0 Å². The SMILES string of the molecule is CCSC1CCCCC1NC(=O)NC(CO)c1ccccc1. The average molecular weight is 322 g/mol. The molecule has 1 aromatic rings. The van der Waals surface area contributed by atoms with E-state index in [4.69, 9.17) is 0 Å². The number of aliphatic hydroxyl groups excluding tert-OH is 1. The van der Waals surface area contributed by atoms with Gasteiger partial charge in [0.25, 0.3) is 0 Å². The van der Waals surface area contributed by atoms with Crippen molar-refractivity contribution in [2.24, 2.45) is 0 Å². The van der Waals surface area contributed by atoms with Crippen LogP contribution in [0.25, 0.3) is 0 Å². The van der Waals surface area contributed by atoms with Crippen LogP contribution in [0.15, 0.2) is 30.3 Å². The van der Waals surface area contributed by atoms with Gasteiger partial charge in [-0.15, -0.1) is 0 Å². The second kappa shape index (κ2) is 9.06. The molecular weight excluding hydrogens is 296 g/mol. The van der Waals surface area contributed by atoms with Crippen molar-refractivity contribution in [2.45, 2.75) is 49.9 Å². The Morgan fingerprint density at radius 2 is 2.05 bits per heavy atom. The Morgan fingerprint density at radius 1 is 1.32 bits per heavy atom. The van der Waals surface area contributed by atoms with Crippen molar-refractivity contribution in [2.75, 3.05) is 12.4 Å². The van der Waals surface area contributed by atoms with Gasteiger partial charge in [-0.2, -0.15) is 11.8 Å². The van der Waals surface area contributed by atoms with Gasteiger partial charge in [-0.3, -0.25) is 0 Å². The van der Waals surface area contributed by atoms with Gasteiger partial charge in [-0.25, -0.2) is 4.79 Å². The van der Waals surface area contributed by atoms with Crippen LogP contribution in [0.5, 0.6) is 0 Å². The Hall–Kier alpha value is -1.20. The zero-order chi connectivity index (χ0) is 15.8. The minimum atomic E-state index is -0.359. The van der Waals surface area contributed by atoms with Crippen LogP contribution in [0.4, 0.5) is 4.79 Å². The molecule has 1 saturated carbocycles. The lowest BCUT2D eigenvalue weighted by molar-refractivity contribution is 0.211. The monoisotopic (exact) mass is 322 g/mol. The number of carbonyl (C=O) groups is 1. The van der Waals surface area contributed by atoms with Gasteiger partial charge in [0.2, 0.25) is 0 Å². The fourth-order valence-corrected chi connectivity index (χ4v) is 4.16. The van der Waals surface area contributed by atoms with E-state index in [1.165, 1.54) is 19.3 Å². The molecule has 1 fully saturated rings. The number of nitrogens with one attached hydrogen (secondary N) is 2. The Kier molecular flexibility index (Phi) is 7.06. The van der Waals surface area contributed by atoms with Crippen LogP contribution in [-0.2, 0) is 0 Å². The van der Waals surface area contributed by atoms with Crippen LogP contribution in [0.3, 0.4) is 0 Å². The maximum atomic E-state index is 12.3. The van der Waals surface area contributed by atoms with Crippen LogP contribution in [0.2, 0.25) is 0 Å². The second-order valence-electron chi connectivity index (χ2n) is 5.65. The van der Waals surface area contributed by atoms with Gasteiger partial charge in [-0.1, -0.05) is 50.1 Å². The molecule has 0 saturated heterocycles. The Balaban J connectivity index is 1.90. The summed E-state index contributed by atoms with van der Waals surface area (Å²) < 4.78 is 0. The predicted molar refractivity (Wildman–Crippen MR) is 92.1 cm³/mol. The van der Waals surface area contributed by atoms with E-state index in [9.17, 15) is 9.90 Å². The molecule has 0 radical (unpaired) electrons. The molecule has 0 aromatic heterocycles. The van der Waals surface area contributed by atoms with Crippen LogP contribution in [-0.4, -0.2) is 34.8 Å². The zero-order valence-corrected chi connectivity index (χ0v) is 13.9. The molecule has 5 heteroatoms. The Bertz CT molecular complexity index is 453. The van der Waals surface area contributed by atoms with E-state index >= 15 is 0 Å². The summed E-state index contributed by atoms with van der Waals surface area (Å²) in [5.41, 5.74) is 0.920. The number of thioether (sulfide) groups is 1. The molecule has 3 unspecified atom stereocenters. The van der Waals surface area contributed by atoms with Gasteiger partial charge in [-0.05, 0) is 24.2 Å². The van der Waals surface area contributed by atoms with Crippen molar-refractivity contribution in [1.82, 2.24) is 10.6 Å². The third-order valence-corrected chi connectivity index (χ3v) is 5.42. The maximum absolute atomic E-state index is 12.3. The summed E-state index contributed by atoms with van der Waals surface area (Å²) in [6, 6.07) is 9.26. The summed E-state index contributed by atoms with van der Waals surface area (Å²) in [5, 5.41) is 16.0. The van der Waals surface area contributed by atoms with E-state index < -0.39 is 0 Å². The normalized spacial score (nSPS) is 22.8. The van der Waals surface area contributed by atoms with Crippen molar-refractivity contribution >= 4 is 17.8 Å². The van der Waals surface area contributed by atoms with Crippen LogP contribution >= 0.6 is 11.8 Å². The van der Waals surface area contributed by atoms with Crippen LogP contribution in [0, 0.1) is 0 Å². The van der Waals surface area contributed by atoms with E-state index in [2.05, 4.69) is 17.6 Å². The topological polar surface area (TPSA) is 61.4 Å². The van der Waals surface area contributed by atoms with Crippen molar-refractivity contribution in [3.05, 3.63) is 35.9 Å². The Morgan fingerprint density at radius 3 is 2.73 bits per heavy atom. The lowest BCUT2D eigenvalue weighted by Gasteiger charge is -2.32. The zero-order valence-electron chi connectivity index (χ0n) is 13.1. The summed E-state index contributed by atoms with van der Waals surface area (Å²) in [6.45, 7) is 2.06. The highest BCUT2D eigenvalue weighted by Gasteiger charge is 2.27. The molecule has 0 bridgehead atoms. The minimum absolute atomic E-state index is 0.102. The fraction of sp³-hybridized carbons (Fsp3) is 0.588. The van der Waals surface area contributed by atoms with Crippen LogP contribution in [0.1, 0.15) is 44.2 Å². The lowest BCUT2D eigenvalue weighted by Crippen LogP contribution is -2.49. The largest absolute Gasteiger partial charge is 0.394 e. The van der Waals surface area contributed by atoms with E-state index in [0.29, 0.717) is 5.25 Å². The number of hydrogen-bond acceptors (Lipinski definition) is 3. The second-order valence-corrected chi connectivity index (χ2v) is 7.16. The summed E-state index contributed by atoms with van der Waals surface area (Å²) in [7, 11) is 0. The Labute approximate surface area is 137 Å². The summed E-state index contributed by atoms with van der Waals surface area (Å²) in [4.78, 5) is 12.3. The highest BCUT2D eigenvalue weighted by Crippen LogP contribution is 2.28. The first-order chi connectivity index (χ1) is 10.7. The standard InChI is InChI=1S/C17H26N2O2S/c1-2-22-16-11-7-6-10-14(16)18-17(21)19-15(12-20)13-8-4-3-5-9-13/h3-5,8-9,14-16,20H,2,6-7,10-12H2,1H3,(H2,18,19,21). The number of hydrogen-bond donors (Lipinski definition) is 3. The average Bonchev–Trinajstić information content (AvgIpc) is 2.55.